The van der Waals surface area contributed by atoms with E-state index in [0.717, 1.165) is 23.2 Å². The van der Waals surface area contributed by atoms with E-state index in [1.165, 1.54) is 5.56 Å². The molecular formula is C16H12N2O2. The van der Waals surface area contributed by atoms with Crippen molar-refractivity contribution < 1.29 is 9.59 Å². The van der Waals surface area contributed by atoms with E-state index >= 15 is 0 Å². The molecule has 0 bridgehead atoms. The standard InChI is InChI=1S/C16H12N2O2/c19-15-11-6-10(9-4-2-1-3-5-9)12-7-17-8-13(12)14(11)18-16(15)20/h1-6,17H,7-8H2,(H,18,19,20). The number of benzene rings is 2. The number of hydrogen-bond acceptors (Lipinski definition) is 3. The molecule has 4 nitrogen and oxygen atoms in total. The first-order valence-electron chi connectivity index (χ1n) is 6.56. The SMILES string of the molecule is O=C1Nc2c(cc(-c3ccccc3)c3c2CNC3)C1=O. The summed E-state index contributed by atoms with van der Waals surface area (Å²) in [5.74, 6) is -0.966. The van der Waals surface area contributed by atoms with Gasteiger partial charge in [0.1, 0.15) is 0 Å². The molecule has 0 unspecified atom stereocenters. The first-order chi connectivity index (χ1) is 9.75. The molecule has 0 atom stereocenters. The summed E-state index contributed by atoms with van der Waals surface area (Å²) < 4.78 is 0. The van der Waals surface area contributed by atoms with E-state index in [1.54, 1.807) is 0 Å². The van der Waals surface area contributed by atoms with Gasteiger partial charge in [-0.3, -0.25) is 9.59 Å². The Morgan fingerprint density at radius 1 is 0.900 bits per heavy atom. The molecule has 0 saturated heterocycles. The van der Waals surface area contributed by atoms with Gasteiger partial charge >= 0.3 is 0 Å². The van der Waals surface area contributed by atoms with Crippen LogP contribution in [-0.2, 0) is 17.9 Å². The highest BCUT2D eigenvalue weighted by atomic mass is 16.2. The first kappa shape index (κ1) is 11.4. The number of amides is 1. The summed E-state index contributed by atoms with van der Waals surface area (Å²) in [6, 6.07) is 11.8. The molecule has 0 spiro atoms. The van der Waals surface area contributed by atoms with Gasteiger partial charge in [-0.1, -0.05) is 30.3 Å². The number of fused-ring (bicyclic) bond motifs is 3. The van der Waals surface area contributed by atoms with E-state index in [-0.39, 0.29) is 0 Å². The van der Waals surface area contributed by atoms with Crippen molar-refractivity contribution >= 4 is 17.4 Å². The summed E-state index contributed by atoms with van der Waals surface area (Å²) >= 11 is 0. The fraction of sp³-hybridized carbons (Fsp3) is 0.125. The van der Waals surface area contributed by atoms with Gasteiger partial charge in [-0.15, -0.1) is 0 Å². The zero-order valence-corrected chi connectivity index (χ0v) is 10.7. The predicted octanol–water partition coefficient (Wildman–Crippen LogP) is 2.09. The van der Waals surface area contributed by atoms with Crippen molar-refractivity contribution in [2.45, 2.75) is 13.1 Å². The average molecular weight is 264 g/mol. The second-order valence-corrected chi connectivity index (χ2v) is 5.06. The first-order valence-corrected chi connectivity index (χ1v) is 6.56. The number of nitrogens with one attached hydrogen (secondary N) is 2. The van der Waals surface area contributed by atoms with Crippen molar-refractivity contribution in [3.8, 4) is 11.1 Å². The van der Waals surface area contributed by atoms with Crippen LogP contribution in [0.15, 0.2) is 36.4 Å². The molecule has 98 valence electrons. The summed E-state index contributed by atoms with van der Waals surface area (Å²) in [4.78, 5) is 23.5. The Kier molecular flexibility index (Phi) is 2.28. The Labute approximate surface area is 115 Å². The number of rotatable bonds is 1. The number of carbonyl (C=O) groups is 2. The lowest BCUT2D eigenvalue weighted by atomic mass is 9.92. The van der Waals surface area contributed by atoms with Gasteiger partial charge in [0.15, 0.2) is 0 Å². The number of carbonyl (C=O) groups excluding carboxylic acids is 2. The molecule has 0 aromatic heterocycles. The van der Waals surface area contributed by atoms with E-state index in [9.17, 15) is 9.59 Å². The van der Waals surface area contributed by atoms with Crippen molar-refractivity contribution in [1.82, 2.24) is 5.32 Å². The smallest absolute Gasteiger partial charge is 0.296 e. The second kappa shape index (κ2) is 4.02. The highest BCUT2D eigenvalue weighted by molar-refractivity contribution is 6.52. The molecule has 20 heavy (non-hydrogen) atoms. The van der Waals surface area contributed by atoms with E-state index in [0.29, 0.717) is 17.8 Å². The second-order valence-electron chi connectivity index (χ2n) is 5.06. The molecule has 4 rings (SSSR count). The summed E-state index contributed by atoms with van der Waals surface area (Å²) in [5, 5.41) is 5.99. The predicted molar refractivity (Wildman–Crippen MR) is 75.4 cm³/mol. The third kappa shape index (κ3) is 1.45. The van der Waals surface area contributed by atoms with Crippen LogP contribution in [0.2, 0.25) is 0 Å². The van der Waals surface area contributed by atoms with E-state index in [1.807, 2.05) is 36.4 Å². The number of Topliss-reactive ketones (excluding diaryl/α,β-unsaturated/α-hetero) is 1. The number of anilines is 1. The lowest BCUT2D eigenvalue weighted by Gasteiger charge is -2.12. The van der Waals surface area contributed by atoms with E-state index < -0.39 is 11.7 Å². The normalized spacial score (nSPS) is 16.0. The third-order valence-electron chi connectivity index (χ3n) is 3.93. The Bertz CT molecular complexity index is 751. The van der Waals surface area contributed by atoms with E-state index in [2.05, 4.69) is 10.6 Å². The average Bonchev–Trinajstić information content (AvgIpc) is 3.06. The third-order valence-corrected chi connectivity index (χ3v) is 3.93. The Morgan fingerprint density at radius 3 is 2.45 bits per heavy atom. The maximum absolute atomic E-state index is 11.9. The van der Waals surface area contributed by atoms with Crippen molar-refractivity contribution in [1.29, 1.82) is 0 Å². The van der Waals surface area contributed by atoms with Gasteiger partial charge in [-0.2, -0.15) is 0 Å². The quantitative estimate of drug-likeness (QED) is 0.775. The molecule has 0 saturated carbocycles. The topological polar surface area (TPSA) is 58.2 Å². The highest BCUT2D eigenvalue weighted by Gasteiger charge is 2.33. The molecule has 2 N–H and O–H groups in total. The monoisotopic (exact) mass is 264 g/mol. The highest BCUT2D eigenvalue weighted by Crippen LogP contribution is 2.39. The maximum Gasteiger partial charge on any atom is 0.296 e. The summed E-state index contributed by atoms with van der Waals surface area (Å²) in [6.07, 6.45) is 0. The lowest BCUT2D eigenvalue weighted by Crippen LogP contribution is -2.12. The molecule has 4 heteroatoms. The van der Waals surface area contributed by atoms with E-state index in [4.69, 9.17) is 0 Å². The molecular weight excluding hydrogens is 252 g/mol. The van der Waals surface area contributed by atoms with Gasteiger partial charge in [0.25, 0.3) is 11.7 Å². The Morgan fingerprint density at radius 2 is 1.65 bits per heavy atom. The molecule has 0 radical (unpaired) electrons. The molecule has 1 amide bonds. The largest absolute Gasteiger partial charge is 0.318 e. The minimum Gasteiger partial charge on any atom is -0.318 e. The van der Waals surface area contributed by atoms with Gasteiger partial charge in [0.2, 0.25) is 0 Å². The summed E-state index contributed by atoms with van der Waals surface area (Å²) in [5.41, 5.74) is 5.51. The van der Waals surface area contributed by atoms with Crippen molar-refractivity contribution in [2.75, 3.05) is 5.32 Å². The van der Waals surface area contributed by atoms with Crippen LogP contribution in [0, 0.1) is 0 Å². The summed E-state index contributed by atoms with van der Waals surface area (Å²) in [7, 11) is 0. The van der Waals surface area contributed by atoms with Crippen LogP contribution in [0.1, 0.15) is 21.5 Å². The van der Waals surface area contributed by atoms with Crippen molar-refractivity contribution in [2.24, 2.45) is 0 Å². The van der Waals surface area contributed by atoms with Crippen LogP contribution >= 0.6 is 0 Å². The van der Waals surface area contributed by atoms with Crippen LogP contribution in [0.5, 0.6) is 0 Å². The minimum atomic E-state index is -0.528. The Hall–Kier alpha value is -2.46. The Balaban J connectivity index is 2.01. The molecule has 2 aromatic carbocycles. The van der Waals surface area contributed by atoms with Gasteiger partial charge in [0.05, 0.1) is 11.3 Å². The molecule has 0 fully saturated rings. The van der Waals surface area contributed by atoms with Crippen LogP contribution in [0.3, 0.4) is 0 Å². The minimum absolute atomic E-state index is 0.438. The zero-order chi connectivity index (χ0) is 13.7. The number of ketones is 1. The van der Waals surface area contributed by atoms with Gasteiger partial charge < -0.3 is 10.6 Å². The molecule has 2 aliphatic rings. The molecule has 2 aromatic rings. The van der Waals surface area contributed by atoms with Gasteiger partial charge in [-0.05, 0) is 28.3 Å². The molecule has 2 aliphatic heterocycles. The fourth-order valence-corrected chi connectivity index (χ4v) is 2.98. The lowest BCUT2D eigenvalue weighted by molar-refractivity contribution is -0.112. The maximum atomic E-state index is 11.9. The number of hydrogen-bond donors (Lipinski definition) is 2. The molecule has 0 aliphatic carbocycles. The van der Waals surface area contributed by atoms with Gasteiger partial charge in [-0.25, -0.2) is 0 Å². The van der Waals surface area contributed by atoms with Crippen molar-refractivity contribution in [3.63, 3.8) is 0 Å². The zero-order valence-electron chi connectivity index (χ0n) is 10.7. The van der Waals surface area contributed by atoms with Crippen LogP contribution in [0.25, 0.3) is 11.1 Å². The summed E-state index contributed by atoms with van der Waals surface area (Å²) in [6.45, 7) is 1.45. The van der Waals surface area contributed by atoms with Crippen molar-refractivity contribution in [3.05, 3.63) is 53.1 Å². The molecule has 2 heterocycles. The van der Waals surface area contributed by atoms with Crippen LogP contribution in [-0.4, -0.2) is 11.7 Å². The van der Waals surface area contributed by atoms with Crippen LogP contribution in [0.4, 0.5) is 5.69 Å². The fourth-order valence-electron chi connectivity index (χ4n) is 2.98. The van der Waals surface area contributed by atoms with Gasteiger partial charge in [0, 0.05) is 13.1 Å². The van der Waals surface area contributed by atoms with Crippen LogP contribution < -0.4 is 10.6 Å².